The molecule has 2 aromatic carbocycles. The molecule has 30 heavy (non-hydrogen) atoms. The summed E-state index contributed by atoms with van der Waals surface area (Å²) in [7, 11) is 1.59. The van der Waals surface area contributed by atoms with Gasteiger partial charge in [-0.3, -0.25) is 9.78 Å². The van der Waals surface area contributed by atoms with Gasteiger partial charge in [0, 0.05) is 22.6 Å². The number of benzene rings is 2. The Labute approximate surface area is 175 Å². The Morgan fingerprint density at radius 2 is 1.87 bits per heavy atom. The van der Waals surface area contributed by atoms with Crippen molar-refractivity contribution in [2.75, 3.05) is 13.7 Å². The third-order valence-electron chi connectivity index (χ3n) is 5.27. The third-order valence-corrected chi connectivity index (χ3v) is 5.27. The average molecular weight is 404 g/mol. The summed E-state index contributed by atoms with van der Waals surface area (Å²) in [4.78, 5) is 29.8. The van der Waals surface area contributed by atoms with Crippen LogP contribution in [0.2, 0.25) is 0 Å². The highest BCUT2D eigenvalue weighted by Crippen LogP contribution is 2.40. The number of carbonyl (C=O) groups excluding carboxylic acids is 2. The SMILES string of the molecule is COc1ccccc1C(C)NC(=O)COC(=O)c1cc(C2CC2)nc2ccccc12. The van der Waals surface area contributed by atoms with Gasteiger partial charge in [-0.25, -0.2) is 4.79 Å². The van der Waals surface area contributed by atoms with Crippen molar-refractivity contribution in [1.29, 1.82) is 0 Å². The quantitative estimate of drug-likeness (QED) is 0.599. The van der Waals surface area contributed by atoms with Crippen LogP contribution in [0.1, 0.15) is 53.3 Å². The first-order valence-electron chi connectivity index (χ1n) is 10.1. The Hall–Kier alpha value is -3.41. The molecule has 3 aromatic rings. The molecule has 1 aliphatic rings. The van der Waals surface area contributed by atoms with E-state index >= 15 is 0 Å². The number of carbonyl (C=O) groups is 2. The predicted molar refractivity (Wildman–Crippen MR) is 114 cm³/mol. The lowest BCUT2D eigenvalue weighted by molar-refractivity contribution is -0.124. The fraction of sp³-hybridized carbons (Fsp3) is 0.292. The van der Waals surface area contributed by atoms with E-state index in [1.165, 1.54) is 0 Å². The minimum Gasteiger partial charge on any atom is -0.496 e. The fourth-order valence-corrected chi connectivity index (χ4v) is 3.55. The van der Waals surface area contributed by atoms with Crippen LogP contribution in [-0.4, -0.2) is 30.6 Å². The summed E-state index contributed by atoms with van der Waals surface area (Å²) in [6.45, 7) is 1.50. The zero-order valence-electron chi connectivity index (χ0n) is 17.1. The molecule has 1 fully saturated rings. The Bertz CT molecular complexity index is 1090. The number of para-hydroxylation sites is 2. The molecule has 1 amide bonds. The number of rotatable bonds is 7. The van der Waals surface area contributed by atoms with Gasteiger partial charge < -0.3 is 14.8 Å². The first kappa shape index (κ1) is 19.9. The maximum absolute atomic E-state index is 12.8. The molecular formula is C24H24N2O4. The standard InChI is InChI=1S/C24H24N2O4/c1-15(17-7-4-6-10-22(17)29-2)25-23(27)14-30-24(28)19-13-21(16-11-12-16)26-20-9-5-3-8-18(19)20/h3-10,13,15-16H,11-12,14H2,1-2H3,(H,25,27). The lowest BCUT2D eigenvalue weighted by Gasteiger charge is -2.17. The van der Waals surface area contributed by atoms with Gasteiger partial charge in [0.05, 0.1) is 24.2 Å². The predicted octanol–water partition coefficient (Wildman–Crippen LogP) is 4.16. The molecule has 1 N–H and O–H groups in total. The molecule has 154 valence electrons. The number of nitrogens with zero attached hydrogens (tertiary/aromatic N) is 1. The van der Waals surface area contributed by atoms with E-state index in [1.54, 1.807) is 13.2 Å². The van der Waals surface area contributed by atoms with E-state index < -0.39 is 5.97 Å². The summed E-state index contributed by atoms with van der Waals surface area (Å²) in [5, 5.41) is 3.58. The zero-order valence-corrected chi connectivity index (χ0v) is 17.1. The topological polar surface area (TPSA) is 77.5 Å². The number of esters is 1. The maximum atomic E-state index is 12.8. The molecule has 0 aliphatic heterocycles. The van der Waals surface area contributed by atoms with Gasteiger partial charge in [-0.05, 0) is 38.0 Å². The van der Waals surface area contributed by atoms with Gasteiger partial charge in [-0.2, -0.15) is 0 Å². The largest absolute Gasteiger partial charge is 0.496 e. The molecule has 6 heteroatoms. The zero-order chi connectivity index (χ0) is 21.1. The van der Waals surface area contributed by atoms with Crippen molar-refractivity contribution in [2.45, 2.75) is 31.7 Å². The summed E-state index contributed by atoms with van der Waals surface area (Å²) < 4.78 is 10.7. The lowest BCUT2D eigenvalue weighted by atomic mass is 10.1. The van der Waals surface area contributed by atoms with Crippen molar-refractivity contribution in [3.63, 3.8) is 0 Å². The third kappa shape index (κ3) is 4.27. The van der Waals surface area contributed by atoms with Crippen molar-refractivity contribution >= 4 is 22.8 Å². The number of hydrogen-bond donors (Lipinski definition) is 1. The highest BCUT2D eigenvalue weighted by molar-refractivity contribution is 6.04. The minimum atomic E-state index is -0.518. The van der Waals surface area contributed by atoms with Gasteiger partial charge in [0.1, 0.15) is 5.75 Å². The lowest BCUT2D eigenvalue weighted by Crippen LogP contribution is -2.31. The van der Waals surface area contributed by atoms with Gasteiger partial charge in [-0.1, -0.05) is 36.4 Å². The average Bonchev–Trinajstić information content (AvgIpc) is 3.62. The van der Waals surface area contributed by atoms with Crippen LogP contribution in [-0.2, 0) is 9.53 Å². The van der Waals surface area contributed by atoms with E-state index in [9.17, 15) is 9.59 Å². The molecule has 1 aromatic heterocycles. The second-order valence-corrected chi connectivity index (χ2v) is 7.49. The van der Waals surface area contributed by atoms with Gasteiger partial charge in [0.2, 0.25) is 0 Å². The molecule has 1 atom stereocenters. The number of hydrogen-bond acceptors (Lipinski definition) is 5. The van der Waals surface area contributed by atoms with Gasteiger partial charge in [0.25, 0.3) is 5.91 Å². The van der Waals surface area contributed by atoms with Crippen LogP contribution in [0, 0.1) is 0 Å². The summed E-state index contributed by atoms with van der Waals surface area (Å²) in [5.74, 6) is 0.211. The first-order valence-corrected chi connectivity index (χ1v) is 10.1. The molecule has 1 aliphatic carbocycles. The van der Waals surface area contributed by atoms with Crippen molar-refractivity contribution in [3.05, 3.63) is 71.4 Å². The number of methoxy groups -OCH3 is 1. The maximum Gasteiger partial charge on any atom is 0.339 e. The second-order valence-electron chi connectivity index (χ2n) is 7.49. The van der Waals surface area contributed by atoms with E-state index in [0.29, 0.717) is 17.2 Å². The Kier molecular flexibility index (Phi) is 5.65. The molecule has 0 spiro atoms. The highest BCUT2D eigenvalue weighted by Gasteiger charge is 2.27. The van der Waals surface area contributed by atoms with E-state index in [2.05, 4.69) is 10.3 Å². The number of pyridine rings is 1. The van der Waals surface area contributed by atoms with Crippen molar-refractivity contribution < 1.29 is 19.1 Å². The number of ether oxygens (including phenoxy) is 2. The van der Waals surface area contributed by atoms with Crippen molar-refractivity contribution in [3.8, 4) is 5.75 Å². The molecule has 6 nitrogen and oxygen atoms in total. The summed E-state index contributed by atoms with van der Waals surface area (Å²) >= 11 is 0. The number of nitrogens with one attached hydrogen (secondary N) is 1. The fourth-order valence-electron chi connectivity index (χ4n) is 3.55. The summed E-state index contributed by atoms with van der Waals surface area (Å²) in [5.41, 5.74) is 2.99. The Morgan fingerprint density at radius 1 is 1.13 bits per heavy atom. The van der Waals surface area contributed by atoms with E-state index in [1.807, 2.05) is 55.5 Å². The molecule has 1 unspecified atom stereocenters. The second kappa shape index (κ2) is 8.53. The van der Waals surface area contributed by atoms with E-state index in [-0.39, 0.29) is 18.6 Å². The van der Waals surface area contributed by atoms with E-state index in [0.717, 1.165) is 35.0 Å². The number of fused-ring (bicyclic) bond motifs is 1. The molecule has 0 bridgehead atoms. The molecule has 0 saturated heterocycles. The van der Waals surface area contributed by atoms with Crippen LogP contribution in [0.25, 0.3) is 10.9 Å². The molecule has 0 radical (unpaired) electrons. The van der Waals surface area contributed by atoms with Gasteiger partial charge >= 0.3 is 5.97 Å². The van der Waals surface area contributed by atoms with Crippen molar-refractivity contribution in [2.24, 2.45) is 0 Å². The Balaban J connectivity index is 1.44. The minimum absolute atomic E-state index is 0.282. The van der Waals surface area contributed by atoms with Crippen LogP contribution < -0.4 is 10.1 Å². The van der Waals surface area contributed by atoms with Crippen LogP contribution in [0.15, 0.2) is 54.6 Å². The van der Waals surface area contributed by atoms with Crippen LogP contribution in [0.3, 0.4) is 0 Å². The van der Waals surface area contributed by atoms with Crippen LogP contribution >= 0.6 is 0 Å². The van der Waals surface area contributed by atoms with Crippen LogP contribution in [0.4, 0.5) is 0 Å². The van der Waals surface area contributed by atoms with Gasteiger partial charge in [0.15, 0.2) is 6.61 Å². The monoisotopic (exact) mass is 404 g/mol. The smallest absolute Gasteiger partial charge is 0.339 e. The van der Waals surface area contributed by atoms with E-state index in [4.69, 9.17) is 9.47 Å². The molecular weight excluding hydrogens is 380 g/mol. The molecule has 1 saturated carbocycles. The summed E-state index contributed by atoms with van der Waals surface area (Å²) in [6.07, 6.45) is 2.17. The van der Waals surface area contributed by atoms with Crippen molar-refractivity contribution in [1.82, 2.24) is 10.3 Å². The highest BCUT2D eigenvalue weighted by atomic mass is 16.5. The van der Waals surface area contributed by atoms with Crippen LogP contribution in [0.5, 0.6) is 5.75 Å². The molecule has 4 rings (SSSR count). The number of amides is 1. The summed E-state index contributed by atoms with van der Waals surface area (Å²) in [6, 6.07) is 16.5. The number of aromatic nitrogens is 1. The first-order chi connectivity index (χ1) is 14.6. The molecule has 1 heterocycles. The Morgan fingerprint density at radius 3 is 2.63 bits per heavy atom. The normalized spacial score (nSPS) is 14.2. The van der Waals surface area contributed by atoms with Gasteiger partial charge in [-0.15, -0.1) is 0 Å².